The number of hydrogen-bond donors (Lipinski definition) is 4. The molecular formula is C23H33N5O2. The average Bonchev–Trinajstić information content (AvgIpc) is 3.31. The van der Waals surface area contributed by atoms with Crippen molar-refractivity contribution in [3.8, 4) is 11.3 Å². The molecule has 4 rings (SSSR count). The summed E-state index contributed by atoms with van der Waals surface area (Å²) in [7, 11) is 0. The first-order valence-corrected chi connectivity index (χ1v) is 10.8. The second-order valence-corrected chi connectivity index (χ2v) is 8.27. The summed E-state index contributed by atoms with van der Waals surface area (Å²) < 4.78 is 0. The monoisotopic (exact) mass is 411 g/mol. The van der Waals surface area contributed by atoms with E-state index in [-0.39, 0.29) is 18.3 Å². The van der Waals surface area contributed by atoms with Crippen molar-refractivity contribution in [1.29, 1.82) is 0 Å². The van der Waals surface area contributed by atoms with E-state index in [2.05, 4.69) is 29.1 Å². The third-order valence-corrected chi connectivity index (χ3v) is 6.77. The van der Waals surface area contributed by atoms with Gasteiger partial charge in [0, 0.05) is 23.7 Å². The normalized spacial score (nSPS) is 19.1. The van der Waals surface area contributed by atoms with Gasteiger partial charge in [-0.25, -0.2) is 9.97 Å². The summed E-state index contributed by atoms with van der Waals surface area (Å²) in [6, 6.07) is 6.08. The van der Waals surface area contributed by atoms with Crippen molar-refractivity contribution in [3.05, 3.63) is 40.7 Å². The van der Waals surface area contributed by atoms with Crippen molar-refractivity contribution in [2.24, 2.45) is 11.1 Å². The second-order valence-electron chi connectivity index (χ2n) is 8.27. The largest absolute Gasteiger partial charge is 0.390 e. The van der Waals surface area contributed by atoms with Crippen molar-refractivity contribution in [2.45, 2.75) is 72.1 Å². The van der Waals surface area contributed by atoms with Gasteiger partial charge in [-0.1, -0.05) is 32.4 Å². The molecule has 1 atom stereocenters. The van der Waals surface area contributed by atoms with Crippen LogP contribution in [-0.4, -0.2) is 27.0 Å². The molecule has 7 nitrogen and oxygen atoms in total. The van der Waals surface area contributed by atoms with Crippen LogP contribution in [0.4, 0.5) is 5.82 Å². The van der Waals surface area contributed by atoms with Gasteiger partial charge in [0.25, 0.3) is 5.91 Å². The van der Waals surface area contributed by atoms with Gasteiger partial charge in [-0.15, -0.1) is 0 Å². The zero-order valence-electron chi connectivity index (χ0n) is 18.2. The number of aryl methyl sites for hydroxylation is 1. The Morgan fingerprint density at radius 3 is 2.57 bits per heavy atom. The van der Waals surface area contributed by atoms with E-state index in [1.807, 2.05) is 12.1 Å². The Hall–Kier alpha value is -2.51. The molecule has 0 radical (unpaired) electrons. The summed E-state index contributed by atoms with van der Waals surface area (Å²) in [4.78, 5) is 20.2. The second kappa shape index (κ2) is 9.10. The molecule has 6 N–H and O–H groups in total. The predicted molar refractivity (Wildman–Crippen MR) is 119 cm³/mol. The third-order valence-electron chi connectivity index (χ3n) is 6.77. The molecule has 2 aromatic rings. The van der Waals surface area contributed by atoms with Crippen LogP contribution >= 0.6 is 0 Å². The van der Waals surface area contributed by atoms with E-state index in [4.69, 9.17) is 11.5 Å². The Balaban J connectivity index is 0.000000216. The minimum absolute atomic E-state index is 0.0784. The van der Waals surface area contributed by atoms with Crippen LogP contribution in [0.2, 0.25) is 0 Å². The number of carbonyl (C=O) groups is 1. The number of nitrogens with one attached hydrogen (secondary N) is 1. The maximum absolute atomic E-state index is 11.7. The van der Waals surface area contributed by atoms with Gasteiger partial charge in [-0.05, 0) is 49.7 Å². The summed E-state index contributed by atoms with van der Waals surface area (Å²) >= 11 is 0. The molecule has 0 unspecified atom stereocenters. The fourth-order valence-electron chi connectivity index (χ4n) is 4.61. The molecule has 1 aliphatic carbocycles. The number of amides is 1. The van der Waals surface area contributed by atoms with E-state index in [0.29, 0.717) is 40.6 Å². The van der Waals surface area contributed by atoms with E-state index in [1.54, 1.807) is 13.0 Å². The number of aliphatic hydroxyl groups is 1. The Morgan fingerprint density at radius 2 is 2.00 bits per heavy atom. The van der Waals surface area contributed by atoms with Gasteiger partial charge >= 0.3 is 0 Å². The molecule has 1 aliphatic heterocycles. The molecule has 1 fully saturated rings. The highest BCUT2D eigenvalue weighted by Crippen LogP contribution is 2.42. The maximum Gasteiger partial charge on any atom is 0.251 e. The lowest BCUT2D eigenvalue weighted by molar-refractivity contribution is 0.0966. The lowest BCUT2D eigenvalue weighted by Gasteiger charge is -2.30. The summed E-state index contributed by atoms with van der Waals surface area (Å²) in [5.41, 5.74) is 16.3. The molecule has 0 bridgehead atoms. The summed E-state index contributed by atoms with van der Waals surface area (Å²) in [6.07, 6.45) is 6.50. The molecule has 30 heavy (non-hydrogen) atoms. The van der Waals surface area contributed by atoms with Gasteiger partial charge in [0.1, 0.15) is 11.5 Å². The smallest absolute Gasteiger partial charge is 0.251 e. The number of fused-ring (bicyclic) bond motifs is 1. The van der Waals surface area contributed by atoms with Gasteiger partial charge in [0.15, 0.2) is 0 Å². The predicted octanol–water partition coefficient (Wildman–Crippen LogP) is 3.07. The fraction of sp³-hybridized carbons (Fsp3) is 0.522. The molecule has 0 saturated heterocycles. The van der Waals surface area contributed by atoms with Crippen LogP contribution < -0.4 is 16.8 Å². The molecule has 1 amide bonds. The molecule has 1 saturated carbocycles. The van der Waals surface area contributed by atoms with Crippen molar-refractivity contribution in [2.75, 3.05) is 5.73 Å². The molecule has 1 aromatic carbocycles. The molecular weight excluding hydrogens is 378 g/mol. The number of aliphatic hydroxyl groups excluding tert-OH is 1. The SMILES string of the molecule is CCC1(CC)CCC[C@H]1N.Cc1nc(N)c(CO)nc1-c1ccc2c(c1)C(=O)NC2. The Kier molecular flexibility index (Phi) is 6.73. The van der Waals surface area contributed by atoms with Crippen LogP contribution in [0.5, 0.6) is 0 Å². The van der Waals surface area contributed by atoms with Crippen LogP contribution in [0.1, 0.15) is 73.3 Å². The third kappa shape index (κ3) is 4.18. The topological polar surface area (TPSA) is 127 Å². The molecule has 2 heterocycles. The van der Waals surface area contributed by atoms with Crippen molar-refractivity contribution < 1.29 is 9.90 Å². The Morgan fingerprint density at radius 1 is 1.27 bits per heavy atom. The number of aromatic nitrogens is 2. The highest BCUT2D eigenvalue weighted by molar-refractivity contribution is 5.99. The lowest BCUT2D eigenvalue weighted by Crippen LogP contribution is -2.35. The number of hydrogen-bond acceptors (Lipinski definition) is 6. The lowest BCUT2D eigenvalue weighted by atomic mass is 9.78. The summed E-state index contributed by atoms with van der Waals surface area (Å²) in [5.74, 6) is 0.151. The van der Waals surface area contributed by atoms with Gasteiger partial charge < -0.3 is 21.9 Å². The van der Waals surface area contributed by atoms with Crippen LogP contribution in [0.25, 0.3) is 11.3 Å². The Bertz CT molecular complexity index is 924. The number of carbonyl (C=O) groups excluding carboxylic acids is 1. The van der Waals surface area contributed by atoms with Crippen LogP contribution in [0.15, 0.2) is 18.2 Å². The van der Waals surface area contributed by atoms with Gasteiger partial charge in [-0.3, -0.25) is 4.79 Å². The summed E-state index contributed by atoms with van der Waals surface area (Å²) in [6.45, 7) is 6.64. The quantitative estimate of drug-likeness (QED) is 0.612. The Labute approximate surface area is 178 Å². The number of nitrogens with zero attached hydrogens (tertiary/aromatic N) is 2. The molecule has 162 valence electrons. The standard InChI is InChI=1S/C14H14N4O2.C9H19N/c1-7-12(18-11(6-19)13(15)17-7)8-2-3-9-5-16-14(20)10(9)4-8;1-3-9(4-2)7-5-6-8(9)10/h2-4,19H,5-6H2,1H3,(H2,15,17)(H,16,20);8H,3-7,10H2,1-2H3/t;8-/m.1/s1. The first kappa shape index (κ1) is 22.2. The van der Waals surface area contributed by atoms with E-state index in [1.165, 1.54) is 32.1 Å². The molecule has 0 spiro atoms. The van der Waals surface area contributed by atoms with E-state index >= 15 is 0 Å². The van der Waals surface area contributed by atoms with E-state index in [0.717, 1.165) is 11.1 Å². The van der Waals surface area contributed by atoms with Crippen molar-refractivity contribution in [3.63, 3.8) is 0 Å². The van der Waals surface area contributed by atoms with E-state index < -0.39 is 0 Å². The zero-order valence-corrected chi connectivity index (χ0v) is 18.2. The highest BCUT2D eigenvalue weighted by atomic mass is 16.3. The van der Waals surface area contributed by atoms with Gasteiger partial charge in [0.2, 0.25) is 0 Å². The highest BCUT2D eigenvalue weighted by Gasteiger charge is 2.37. The van der Waals surface area contributed by atoms with Crippen LogP contribution in [0.3, 0.4) is 0 Å². The number of benzene rings is 1. The number of anilines is 1. The van der Waals surface area contributed by atoms with Gasteiger partial charge in [0.05, 0.1) is 18.0 Å². The average molecular weight is 412 g/mol. The van der Waals surface area contributed by atoms with Crippen molar-refractivity contribution in [1.82, 2.24) is 15.3 Å². The van der Waals surface area contributed by atoms with Crippen LogP contribution in [0, 0.1) is 12.3 Å². The number of nitrogen functional groups attached to an aromatic ring is 1. The van der Waals surface area contributed by atoms with E-state index in [9.17, 15) is 9.90 Å². The molecule has 7 heteroatoms. The number of rotatable bonds is 4. The fourth-order valence-corrected chi connectivity index (χ4v) is 4.61. The first-order valence-electron chi connectivity index (χ1n) is 10.8. The summed E-state index contributed by atoms with van der Waals surface area (Å²) in [5, 5.41) is 12.0. The zero-order chi connectivity index (χ0) is 21.9. The van der Waals surface area contributed by atoms with Gasteiger partial charge in [-0.2, -0.15) is 0 Å². The minimum atomic E-state index is -0.266. The van der Waals surface area contributed by atoms with Crippen molar-refractivity contribution >= 4 is 11.7 Å². The number of nitrogens with two attached hydrogens (primary N) is 2. The minimum Gasteiger partial charge on any atom is -0.390 e. The maximum atomic E-state index is 11.7. The van der Waals surface area contributed by atoms with Crippen LogP contribution in [-0.2, 0) is 13.2 Å². The molecule has 1 aromatic heterocycles. The molecule has 2 aliphatic rings. The first-order chi connectivity index (χ1) is 14.3.